The van der Waals surface area contributed by atoms with E-state index in [0.717, 1.165) is 5.56 Å². The Morgan fingerprint density at radius 2 is 1.78 bits per heavy atom. The van der Waals surface area contributed by atoms with Gasteiger partial charge in [-0.05, 0) is 35.9 Å². The van der Waals surface area contributed by atoms with Crippen LogP contribution in [0.2, 0.25) is 0 Å². The van der Waals surface area contributed by atoms with E-state index in [9.17, 15) is 4.79 Å². The number of amides is 1. The molecule has 0 aliphatic rings. The zero-order valence-corrected chi connectivity index (χ0v) is 19.1. The Hall–Kier alpha value is -1.74. The molecule has 2 aromatic carbocycles. The third-order valence-corrected chi connectivity index (χ3v) is 4.68. The largest absolute Gasteiger partial charge is 0.352 e. The first kappa shape index (κ1) is 23.3. The second kappa shape index (κ2) is 12.6. The molecule has 0 atom stereocenters. The van der Waals surface area contributed by atoms with Gasteiger partial charge in [-0.3, -0.25) is 9.79 Å². The van der Waals surface area contributed by atoms with Gasteiger partial charge in [0.15, 0.2) is 5.96 Å². The van der Waals surface area contributed by atoms with Gasteiger partial charge >= 0.3 is 0 Å². The predicted molar refractivity (Wildman–Crippen MR) is 125 cm³/mol. The van der Waals surface area contributed by atoms with Gasteiger partial charge in [0.2, 0.25) is 5.91 Å². The molecule has 0 aliphatic carbocycles. The summed E-state index contributed by atoms with van der Waals surface area (Å²) in [5, 5.41) is 9.19. The normalized spacial score (nSPS) is 10.7. The molecule has 146 valence electrons. The molecule has 5 nitrogen and oxygen atoms in total. The lowest BCUT2D eigenvalue weighted by atomic mass is 10.1. The van der Waals surface area contributed by atoms with E-state index in [-0.39, 0.29) is 36.4 Å². The molecule has 27 heavy (non-hydrogen) atoms. The highest BCUT2D eigenvalue weighted by molar-refractivity contribution is 14.0. The summed E-state index contributed by atoms with van der Waals surface area (Å²) in [6.07, 6.45) is 2.07. The molecule has 2 rings (SSSR count). The van der Waals surface area contributed by atoms with Gasteiger partial charge in [-0.25, -0.2) is 0 Å². The minimum Gasteiger partial charge on any atom is -0.352 e. The fourth-order valence-electron chi connectivity index (χ4n) is 2.42. The molecule has 0 saturated carbocycles. The van der Waals surface area contributed by atoms with Crippen LogP contribution in [-0.4, -0.2) is 31.7 Å². The highest BCUT2D eigenvalue weighted by Gasteiger charge is 2.06. The molecule has 0 bridgehead atoms. The van der Waals surface area contributed by atoms with Gasteiger partial charge in [-0.2, -0.15) is 0 Å². The number of nitrogens with zero attached hydrogens (tertiary/aromatic N) is 1. The van der Waals surface area contributed by atoms with E-state index < -0.39 is 0 Å². The lowest BCUT2D eigenvalue weighted by molar-refractivity contribution is -0.120. The highest BCUT2D eigenvalue weighted by Crippen LogP contribution is 2.21. The lowest BCUT2D eigenvalue weighted by Gasteiger charge is -2.14. The molecule has 0 saturated heterocycles. The van der Waals surface area contributed by atoms with Crippen molar-refractivity contribution in [3.05, 3.63) is 65.2 Å². The molecule has 7 heteroatoms. The summed E-state index contributed by atoms with van der Waals surface area (Å²) in [4.78, 5) is 17.4. The molecule has 0 aromatic heterocycles. The van der Waals surface area contributed by atoms with Crippen LogP contribution in [-0.2, 0) is 17.9 Å². The maximum atomic E-state index is 12.0. The van der Waals surface area contributed by atoms with Gasteiger partial charge in [0, 0.05) is 25.0 Å². The van der Waals surface area contributed by atoms with Crippen LogP contribution in [0.25, 0.3) is 0 Å². The van der Waals surface area contributed by atoms with Crippen molar-refractivity contribution in [1.29, 1.82) is 0 Å². The SMILES string of the molecule is CN=C(NCC(=O)NCc1ccccc1)NCc1ccc(C)cc1SC.I. The second-order valence-electron chi connectivity index (χ2n) is 5.86. The average Bonchev–Trinajstić information content (AvgIpc) is 2.68. The number of halogens is 1. The standard InChI is InChI=1S/C20H26N4OS.HI/c1-15-9-10-17(18(11-15)26-3)13-23-20(21-2)24-14-19(25)22-12-16-7-5-4-6-8-16;/h4-11H,12-14H2,1-3H3,(H,22,25)(H2,21,23,24);1H. The molecule has 0 heterocycles. The van der Waals surface area contributed by atoms with Crippen molar-refractivity contribution >= 4 is 47.6 Å². The Balaban J connectivity index is 0.00000364. The Kier molecular flexibility index (Phi) is 10.9. The van der Waals surface area contributed by atoms with Crippen LogP contribution in [0.15, 0.2) is 58.4 Å². The van der Waals surface area contributed by atoms with Crippen LogP contribution in [0.3, 0.4) is 0 Å². The molecule has 2 aromatic rings. The van der Waals surface area contributed by atoms with Crippen molar-refractivity contribution in [3.63, 3.8) is 0 Å². The van der Waals surface area contributed by atoms with E-state index in [1.165, 1.54) is 16.0 Å². The zero-order chi connectivity index (χ0) is 18.8. The van der Waals surface area contributed by atoms with Crippen molar-refractivity contribution < 1.29 is 4.79 Å². The Morgan fingerprint density at radius 3 is 2.44 bits per heavy atom. The van der Waals surface area contributed by atoms with E-state index in [4.69, 9.17) is 0 Å². The predicted octanol–water partition coefficient (Wildman–Crippen LogP) is 3.32. The van der Waals surface area contributed by atoms with Gasteiger partial charge in [-0.1, -0.05) is 42.5 Å². The molecule has 0 fully saturated rings. The number of hydrogen-bond acceptors (Lipinski definition) is 3. The maximum Gasteiger partial charge on any atom is 0.239 e. The van der Waals surface area contributed by atoms with Gasteiger partial charge in [0.25, 0.3) is 0 Å². The van der Waals surface area contributed by atoms with Crippen molar-refractivity contribution in [1.82, 2.24) is 16.0 Å². The Morgan fingerprint density at radius 1 is 1.04 bits per heavy atom. The number of aliphatic imine (C=N–C) groups is 1. The summed E-state index contributed by atoms with van der Waals surface area (Å²) in [6, 6.07) is 16.2. The number of aryl methyl sites for hydroxylation is 1. The lowest BCUT2D eigenvalue weighted by Crippen LogP contribution is -2.42. The minimum atomic E-state index is -0.0723. The van der Waals surface area contributed by atoms with E-state index in [1.54, 1.807) is 18.8 Å². The van der Waals surface area contributed by atoms with E-state index in [1.807, 2.05) is 30.3 Å². The average molecular weight is 498 g/mol. The summed E-state index contributed by atoms with van der Waals surface area (Å²) in [7, 11) is 1.70. The minimum absolute atomic E-state index is 0. The summed E-state index contributed by atoms with van der Waals surface area (Å²) in [5.74, 6) is 0.532. The highest BCUT2D eigenvalue weighted by atomic mass is 127. The van der Waals surface area contributed by atoms with E-state index in [2.05, 4.69) is 52.3 Å². The number of thioether (sulfide) groups is 1. The molecule has 0 unspecified atom stereocenters. The number of rotatable bonds is 7. The smallest absolute Gasteiger partial charge is 0.239 e. The van der Waals surface area contributed by atoms with Gasteiger partial charge in [-0.15, -0.1) is 35.7 Å². The van der Waals surface area contributed by atoms with E-state index in [0.29, 0.717) is 19.0 Å². The third kappa shape index (κ3) is 8.21. The molecule has 3 N–H and O–H groups in total. The summed E-state index contributed by atoms with van der Waals surface area (Å²) >= 11 is 1.73. The van der Waals surface area contributed by atoms with Crippen LogP contribution < -0.4 is 16.0 Å². The topological polar surface area (TPSA) is 65.5 Å². The molecular formula is C20H27IN4OS. The quantitative estimate of drug-likeness (QED) is 0.237. The molecule has 1 amide bonds. The third-order valence-electron chi connectivity index (χ3n) is 3.86. The van der Waals surface area contributed by atoms with Crippen LogP contribution in [0.4, 0.5) is 0 Å². The van der Waals surface area contributed by atoms with Crippen molar-refractivity contribution in [2.75, 3.05) is 19.8 Å². The molecule has 0 spiro atoms. The molecule has 0 aliphatic heterocycles. The summed E-state index contributed by atoms with van der Waals surface area (Å²) in [6.45, 7) is 3.44. The molecule has 0 radical (unpaired) electrons. The Bertz CT molecular complexity index is 753. The van der Waals surface area contributed by atoms with Crippen LogP contribution in [0.1, 0.15) is 16.7 Å². The van der Waals surface area contributed by atoms with Crippen LogP contribution in [0.5, 0.6) is 0 Å². The first-order valence-corrected chi connectivity index (χ1v) is 9.73. The zero-order valence-electron chi connectivity index (χ0n) is 15.9. The fraction of sp³-hybridized carbons (Fsp3) is 0.300. The second-order valence-corrected chi connectivity index (χ2v) is 6.71. The van der Waals surface area contributed by atoms with E-state index >= 15 is 0 Å². The van der Waals surface area contributed by atoms with Crippen molar-refractivity contribution in [2.45, 2.75) is 24.9 Å². The number of carbonyl (C=O) groups is 1. The van der Waals surface area contributed by atoms with Gasteiger partial charge in [0.05, 0.1) is 6.54 Å². The first-order chi connectivity index (χ1) is 12.6. The van der Waals surface area contributed by atoms with Crippen molar-refractivity contribution in [3.8, 4) is 0 Å². The number of benzene rings is 2. The first-order valence-electron chi connectivity index (χ1n) is 8.51. The summed E-state index contributed by atoms with van der Waals surface area (Å²) < 4.78 is 0. The monoisotopic (exact) mass is 498 g/mol. The Labute approximate surface area is 182 Å². The van der Waals surface area contributed by atoms with Crippen molar-refractivity contribution in [2.24, 2.45) is 4.99 Å². The summed E-state index contributed by atoms with van der Waals surface area (Å²) in [5.41, 5.74) is 3.53. The van der Waals surface area contributed by atoms with Gasteiger partial charge < -0.3 is 16.0 Å². The van der Waals surface area contributed by atoms with Crippen LogP contribution in [0, 0.1) is 6.92 Å². The maximum absolute atomic E-state index is 12.0. The van der Waals surface area contributed by atoms with Gasteiger partial charge in [0.1, 0.15) is 0 Å². The number of hydrogen-bond donors (Lipinski definition) is 3. The number of carbonyl (C=O) groups excluding carboxylic acids is 1. The van der Waals surface area contributed by atoms with Crippen LogP contribution >= 0.6 is 35.7 Å². The number of nitrogens with one attached hydrogen (secondary N) is 3. The molecular weight excluding hydrogens is 471 g/mol. The number of guanidine groups is 1. The fourth-order valence-corrected chi connectivity index (χ4v) is 3.13.